The van der Waals surface area contributed by atoms with Crippen LogP contribution < -0.4 is 4.74 Å². The molecule has 1 aliphatic rings. The van der Waals surface area contributed by atoms with Gasteiger partial charge in [0.15, 0.2) is 0 Å². The van der Waals surface area contributed by atoms with Crippen LogP contribution in [-0.2, 0) is 13.6 Å². The van der Waals surface area contributed by atoms with Crippen molar-refractivity contribution >= 4 is 0 Å². The largest absolute Gasteiger partial charge is 0.490 e. The molecule has 0 saturated carbocycles. The molecular weight excluding hydrogens is 345 g/mol. The van der Waals surface area contributed by atoms with Gasteiger partial charge in [-0.1, -0.05) is 0 Å². The number of likely N-dealkylation sites (tertiary alicyclic amines) is 1. The Morgan fingerprint density at radius 3 is 2.78 bits per heavy atom. The molecule has 4 rings (SSSR count). The predicted molar refractivity (Wildman–Crippen MR) is 99.6 cm³/mol. The summed E-state index contributed by atoms with van der Waals surface area (Å²) in [5, 5.41) is 4.22. The molecule has 0 bridgehead atoms. The monoisotopic (exact) mass is 367 g/mol. The minimum Gasteiger partial charge on any atom is -0.490 e. The van der Waals surface area contributed by atoms with E-state index in [1.165, 1.54) is 24.0 Å². The number of hydrogen-bond acceptors (Lipinski definition) is 5. The van der Waals surface area contributed by atoms with Crippen molar-refractivity contribution in [2.75, 3.05) is 13.1 Å². The molecule has 1 aliphatic heterocycles. The van der Waals surface area contributed by atoms with Gasteiger partial charge in [-0.05, 0) is 37.1 Å². The number of halogens is 1. The van der Waals surface area contributed by atoms with E-state index in [2.05, 4.69) is 26.2 Å². The molecule has 0 spiro atoms. The van der Waals surface area contributed by atoms with Crippen LogP contribution in [-0.4, -0.2) is 43.8 Å². The quantitative estimate of drug-likeness (QED) is 0.694. The van der Waals surface area contributed by atoms with E-state index in [-0.39, 0.29) is 11.9 Å². The van der Waals surface area contributed by atoms with Crippen molar-refractivity contribution in [3.63, 3.8) is 0 Å². The molecule has 1 fully saturated rings. The first-order valence-electron chi connectivity index (χ1n) is 9.10. The molecular formula is C20H22FN5O. The molecule has 1 aromatic carbocycles. The number of aryl methyl sites for hydroxylation is 1. The van der Waals surface area contributed by atoms with E-state index in [1.807, 2.05) is 17.9 Å². The summed E-state index contributed by atoms with van der Waals surface area (Å²) < 4.78 is 21.8. The van der Waals surface area contributed by atoms with Crippen molar-refractivity contribution in [1.29, 1.82) is 0 Å². The molecule has 3 aromatic rings. The predicted octanol–water partition coefficient (Wildman–Crippen LogP) is 3.06. The molecule has 0 unspecified atom stereocenters. The average molecular weight is 367 g/mol. The summed E-state index contributed by atoms with van der Waals surface area (Å²) in [6.07, 6.45) is 9.04. The third-order valence-corrected chi connectivity index (χ3v) is 4.79. The zero-order valence-corrected chi connectivity index (χ0v) is 15.3. The Labute approximate surface area is 157 Å². The second-order valence-corrected chi connectivity index (χ2v) is 6.85. The summed E-state index contributed by atoms with van der Waals surface area (Å²) in [6, 6.07) is 6.35. The summed E-state index contributed by atoms with van der Waals surface area (Å²) in [6.45, 7) is 2.83. The first-order chi connectivity index (χ1) is 13.2. The van der Waals surface area contributed by atoms with Crippen molar-refractivity contribution in [3.05, 3.63) is 60.6 Å². The van der Waals surface area contributed by atoms with Gasteiger partial charge in [-0.3, -0.25) is 9.58 Å². The first-order valence-corrected chi connectivity index (χ1v) is 9.10. The summed E-state index contributed by atoms with van der Waals surface area (Å²) in [4.78, 5) is 10.6. The Morgan fingerprint density at radius 2 is 2.07 bits per heavy atom. The molecule has 7 heteroatoms. The summed E-state index contributed by atoms with van der Waals surface area (Å²) >= 11 is 0. The minimum atomic E-state index is -0.303. The van der Waals surface area contributed by atoms with Crippen molar-refractivity contribution in [3.8, 4) is 17.0 Å². The van der Waals surface area contributed by atoms with E-state index in [0.717, 1.165) is 32.5 Å². The fourth-order valence-electron chi connectivity index (χ4n) is 3.43. The normalized spacial score (nSPS) is 15.8. The maximum atomic E-state index is 13.8. The minimum absolute atomic E-state index is 0.112. The lowest BCUT2D eigenvalue weighted by Crippen LogP contribution is -2.37. The molecule has 6 nitrogen and oxygen atoms in total. The molecule has 0 N–H and O–H groups in total. The molecule has 1 saturated heterocycles. The Hall–Kier alpha value is -2.80. The van der Waals surface area contributed by atoms with Gasteiger partial charge in [-0.15, -0.1) is 0 Å². The lowest BCUT2D eigenvalue weighted by atomic mass is 10.1. The van der Waals surface area contributed by atoms with E-state index in [9.17, 15) is 4.39 Å². The maximum Gasteiger partial charge on any atom is 0.129 e. The fourth-order valence-corrected chi connectivity index (χ4v) is 3.43. The Bertz CT molecular complexity index is 890. The molecule has 3 heterocycles. The van der Waals surface area contributed by atoms with Gasteiger partial charge in [0.2, 0.25) is 0 Å². The third-order valence-electron chi connectivity index (χ3n) is 4.79. The maximum absolute atomic E-state index is 13.8. The van der Waals surface area contributed by atoms with E-state index in [0.29, 0.717) is 17.0 Å². The Morgan fingerprint density at radius 1 is 1.22 bits per heavy atom. The molecule has 27 heavy (non-hydrogen) atoms. The van der Waals surface area contributed by atoms with Crippen LogP contribution in [0.4, 0.5) is 4.39 Å². The van der Waals surface area contributed by atoms with Crippen molar-refractivity contribution in [2.45, 2.75) is 25.5 Å². The van der Waals surface area contributed by atoms with Crippen molar-refractivity contribution in [2.24, 2.45) is 7.05 Å². The number of nitrogens with zero attached hydrogens (tertiary/aromatic N) is 5. The smallest absolute Gasteiger partial charge is 0.129 e. The molecule has 0 atom stereocenters. The Kier molecular flexibility index (Phi) is 5.11. The van der Waals surface area contributed by atoms with Gasteiger partial charge in [0.25, 0.3) is 0 Å². The van der Waals surface area contributed by atoms with Gasteiger partial charge in [-0.25, -0.2) is 14.4 Å². The van der Waals surface area contributed by atoms with Gasteiger partial charge in [0.05, 0.1) is 11.9 Å². The zero-order valence-electron chi connectivity index (χ0n) is 15.3. The number of hydrogen-bond donors (Lipinski definition) is 0. The first kappa shape index (κ1) is 17.6. The highest BCUT2D eigenvalue weighted by Gasteiger charge is 2.22. The second-order valence-electron chi connectivity index (χ2n) is 6.85. The summed E-state index contributed by atoms with van der Waals surface area (Å²) in [5.74, 6) is 0.364. The SMILES string of the molecule is Cn1cc(CN2CCC(Oc3ccc(F)cc3-c3ccncn3)CC2)cn1. The number of rotatable bonds is 5. The van der Waals surface area contributed by atoms with E-state index >= 15 is 0 Å². The van der Waals surface area contributed by atoms with Gasteiger partial charge in [0.1, 0.15) is 24.0 Å². The van der Waals surface area contributed by atoms with Crippen LogP contribution in [0.15, 0.2) is 49.2 Å². The van der Waals surface area contributed by atoms with Gasteiger partial charge >= 0.3 is 0 Å². The topological polar surface area (TPSA) is 56.1 Å². The van der Waals surface area contributed by atoms with Crippen LogP contribution in [0, 0.1) is 5.82 Å². The number of aromatic nitrogens is 4. The number of benzene rings is 1. The standard InChI is InChI=1S/C20H22FN5O/c1-25-12-15(11-24-25)13-26-8-5-17(6-9-26)27-20-3-2-16(21)10-18(20)19-4-7-22-14-23-19/h2-4,7,10-12,14,17H,5-6,8-9,13H2,1H3. The van der Waals surface area contributed by atoms with Gasteiger partial charge in [0, 0.05) is 50.2 Å². The van der Waals surface area contributed by atoms with Crippen LogP contribution in [0.1, 0.15) is 18.4 Å². The van der Waals surface area contributed by atoms with Crippen LogP contribution in [0.5, 0.6) is 5.75 Å². The van der Waals surface area contributed by atoms with Gasteiger partial charge in [-0.2, -0.15) is 5.10 Å². The molecule has 0 amide bonds. The highest BCUT2D eigenvalue weighted by atomic mass is 19.1. The van der Waals surface area contributed by atoms with Crippen molar-refractivity contribution < 1.29 is 9.13 Å². The van der Waals surface area contributed by atoms with E-state index in [4.69, 9.17) is 4.74 Å². The summed E-state index contributed by atoms with van der Waals surface area (Å²) in [7, 11) is 1.93. The molecule has 0 radical (unpaired) electrons. The fraction of sp³-hybridized carbons (Fsp3) is 0.350. The third kappa shape index (κ3) is 4.31. The number of ether oxygens (including phenoxy) is 1. The van der Waals surface area contributed by atoms with Crippen LogP contribution in [0.3, 0.4) is 0 Å². The average Bonchev–Trinajstić information content (AvgIpc) is 3.10. The molecule has 2 aromatic heterocycles. The molecule has 0 aliphatic carbocycles. The lowest BCUT2D eigenvalue weighted by molar-refractivity contribution is 0.0971. The second kappa shape index (κ2) is 7.84. The highest BCUT2D eigenvalue weighted by Crippen LogP contribution is 2.31. The van der Waals surface area contributed by atoms with Gasteiger partial charge < -0.3 is 4.74 Å². The van der Waals surface area contributed by atoms with Crippen LogP contribution in [0.2, 0.25) is 0 Å². The molecule has 140 valence electrons. The van der Waals surface area contributed by atoms with E-state index in [1.54, 1.807) is 18.3 Å². The zero-order chi connectivity index (χ0) is 18.6. The van der Waals surface area contributed by atoms with E-state index < -0.39 is 0 Å². The van der Waals surface area contributed by atoms with Crippen molar-refractivity contribution in [1.82, 2.24) is 24.6 Å². The Balaban J connectivity index is 1.41. The summed E-state index contributed by atoms with van der Waals surface area (Å²) in [5.41, 5.74) is 2.55. The number of piperidine rings is 1. The van der Waals surface area contributed by atoms with Crippen LogP contribution >= 0.6 is 0 Å². The lowest BCUT2D eigenvalue weighted by Gasteiger charge is -2.32. The highest BCUT2D eigenvalue weighted by molar-refractivity contribution is 5.66. The van der Waals surface area contributed by atoms with Crippen LogP contribution in [0.25, 0.3) is 11.3 Å².